The lowest BCUT2D eigenvalue weighted by atomic mass is 10.2. The summed E-state index contributed by atoms with van der Waals surface area (Å²) in [7, 11) is 4.22. The van der Waals surface area contributed by atoms with E-state index in [-0.39, 0.29) is 17.7 Å². The molecule has 0 aliphatic heterocycles. The van der Waals surface area contributed by atoms with Crippen LogP contribution in [0, 0.1) is 0 Å². The van der Waals surface area contributed by atoms with E-state index in [0.29, 0.717) is 23.0 Å². The lowest BCUT2D eigenvalue weighted by molar-refractivity contribution is -0.893. The number of primary amides is 1. The number of rotatable bonds is 10. The highest BCUT2D eigenvalue weighted by atomic mass is 32.2. The van der Waals surface area contributed by atoms with E-state index in [4.69, 9.17) is 5.73 Å². The van der Waals surface area contributed by atoms with Gasteiger partial charge in [-0.3, -0.25) is 14.2 Å². The molecule has 1 heterocycles. The monoisotopic (exact) mass is 453 g/mol. The first kappa shape index (κ1) is 23.5. The molecule has 0 spiro atoms. The van der Waals surface area contributed by atoms with Gasteiger partial charge in [0, 0.05) is 17.7 Å². The van der Waals surface area contributed by atoms with E-state index in [0.717, 1.165) is 17.8 Å². The van der Waals surface area contributed by atoms with E-state index in [2.05, 4.69) is 53.2 Å². The summed E-state index contributed by atoms with van der Waals surface area (Å²) >= 11 is 1.36. The largest absolute Gasteiger partial charge is 0.366 e. The second kappa shape index (κ2) is 10.9. The van der Waals surface area contributed by atoms with Gasteiger partial charge in [-0.05, 0) is 29.8 Å². The molecule has 0 radical (unpaired) electrons. The molecule has 2 aromatic carbocycles. The van der Waals surface area contributed by atoms with Crippen molar-refractivity contribution in [2.24, 2.45) is 5.73 Å². The number of carbonyl (C=O) groups is 2. The van der Waals surface area contributed by atoms with Gasteiger partial charge < -0.3 is 16.0 Å². The van der Waals surface area contributed by atoms with Crippen molar-refractivity contribution in [2.75, 3.05) is 25.2 Å². The molecule has 0 saturated heterocycles. The maximum atomic E-state index is 12.5. The first-order valence-electron chi connectivity index (χ1n) is 10.5. The number of anilines is 1. The van der Waals surface area contributed by atoms with Crippen molar-refractivity contribution in [3.8, 4) is 0 Å². The predicted molar refractivity (Wildman–Crippen MR) is 126 cm³/mol. The summed E-state index contributed by atoms with van der Waals surface area (Å²) in [6, 6.07) is 16.9. The Hall–Kier alpha value is -3.17. The Labute approximate surface area is 192 Å². The van der Waals surface area contributed by atoms with Gasteiger partial charge in [0.2, 0.25) is 11.8 Å². The first-order valence-corrected chi connectivity index (χ1v) is 11.5. The molecule has 0 fully saturated rings. The second-order valence-corrected chi connectivity index (χ2v) is 8.67. The Kier molecular flexibility index (Phi) is 8.02. The average molecular weight is 454 g/mol. The Morgan fingerprint density at radius 1 is 1.09 bits per heavy atom. The number of hydrogen-bond acceptors (Lipinski definition) is 5. The standard InChI is InChI=1S/C23H28N6O2S/c1-4-19(28(2)3)22-26-27-23(29(22)14-16-8-6-5-7-9-16)32-15-20(30)25-18-12-10-17(11-13-18)21(24)31/h5-13,19H,4,14-15H2,1-3H3,(H2,24,31)(H,25,30)/p+1/t19-/m1/s1. The Bertz CT molecular complexity index is 1050. The van der Waals surface area contributed by atoms with Crippen LogP contribution in [0.15, 0.2) is 59.8 Å². The Morgan fingerprint density at radius 3 is 2.38 bits per heavy atom. The number of quaternary nitrogens is 1. The van der Waals surface area contributed by atoms with Crippen molar-refractivity contribution in [2.45, 2.75) is 31.1 Å². The van der Waals surface area contributed by atoms with Crippen molar-refractivity contribution in [1.82, 2.24) is 14.8 Å². The minimum atomic E-state index is -0.503. The molecular weight excluding hydrogens is 424 g/mol. The van der Waals surface area contributed by atoms with Crippen LogP contribution < -0.4 is 16.0 Å². The zero-order chi connectivity index (χ0) is 23.1. The highest BCUT2D eigenvalue weighted by molar-refractivity contribution is 7.99. The summed E-state index contributed by atoms with van der Waals surface area (Å²) in [6.07, 6.45) is 0.932. The summed E-state index contributed by atoms with van der Waals surface area (Å²) in [5, 5.41) is 12.4. The second-order valence-electron chi connectivity index (χ2n) is 7.73. The van der Waals surface area contributed by atoms with Crippen LogP contribution in [0.25, 0.3) is 0 Å². The van der Waals surface area contributed by atoms with Gasteiger partial charge in [0.25, 0.3) is 0 Å². The van der Waals surface area contributed by atoms with Gasteiger partial charge in [0.1, 0.15) is 6.04 Å². The zero-order valence-electron chi connectivity index (χ0n) is 18.5. The van der Waals surface area contributed by atoms with Gasteiger partial charge in [-0.15, -0.1) is 10.2 Å². The lowest BCUT2D eigenvalue weighted by Gasteiger charge is -2.20. The molecule has 0 saturated carbocycles. The molecule has 0 unspecified atom stereocenters. The molecule has 8 nitrogen and oxygen atoms in total. The fourth-order valence-corrected chi connectivity index (χ4v) is 4.22. The van der Waals surface area contributed by atoms with Gasteiger partial charge in [-0.25, -0.2) is 0 Å². The predicted octanol–water partition coefficient (Wildman–Crippen LogP) is 1.75. The van der Waals surface area contributed by atoms with Crippen LogP contribution >= 0.6 is 11.8 Å². The highest BCUT2D eigenvalue weighted by Gasteiger charge is 2.25. The maximum Gasteiger partial charge on any atom is 0.248 e. The number of nitrogens with zero attached hydrogens (tertiary/aromatic N) is 3. The summed E-state index contributed by atoms with van der Waals surface area (Å²) in [5.74, 6) is 0.442. The van der Waals surface area contributed by atoms with Crippen molar-refractivity contribution in [3.05, 3.63) is 71.5 Å². The van der Waals surface area contributed by atoms with E-state index in [1.165, 1.54) is 16.7 Å². The van der Waals surface area contributed by atoms with Gasteiger partial charge in [-0.2, -0.15) is 0 Å². The number of nitrogens with one attached hydrogen (secondary N) is 2. The van der Waals surface area contributed by atoms with Crippen LogP contribution in [0.1, 0.15) is 41.1 Å². The molecule has 3 rings (SSSR count). The maximum absolute atomic E-state index is 12.5. The normalized spacial score (nSPS) is 12.0. The highest BCUT2D eigenvalue weighted by Crippen LogP contribution is 2.23. The topological polar surface area (TPSA) is 107 Å². The molecule has 0 aliphatic rings. The fourth-order valence-electron chi connectivity index (χ4n) is 3.47. The molecule has 1 aromatic heterocycles. The zero-order valence-corrected chi connectivity index (χ0v) is 19.4. The summed E-state index contributed by atoms with van der Waals surface area (Å²) in [5.41, 5.74) is 7.40. The minimum absolute atomic E-state index is 0.164. The number of thioether (sulfide) groups is 1. The van der Waals surface area contributed by atoms with Crippen molar-refractivity contribution < 1.29 is 14.5 Å². The molecule has 0 aliphatic carbocycles. The van der Waals surface area contributed by atoms with Gasteiger partial charge in [0.15, 0.2) is 11.0 Å². The third-order valence-electron chi connectivity index (χ3n) is 5.13. The number of amides is 2. The minimum Gasteiger partial charge on any atom is -0.366 e. The molecule has 9 heteroatoms. The molecule has 32 heavy (non-hydrogen) atoms. The van der Waals surface area contributed by atoms with Crippen LogP contribution in [-0.4, -0.2) is 46.4 Å². The van der Waals surface area contributed by atoms with Crippen LogP contribution in [0.2, 0.25) is 0 Å². The number of hydrogen-bond donors (Lipinski definition) is 3. The SMILES string of the molecule is CC[C@H](c1nnc(SCC(=O)Nc2ccc(C(N)=O)cc2)n1Cc1ccccc1)[NH+](C)C. The summed E-state index contributed by atoms with van der Waals surface area (Å²) < 4.78 is 2.11. The van der Waals surface area contributed by atoms with Crippen LogP contribution in [0.5, 0.6) is 0 Å². The fraction of sp³-hybridized carbons (Fsp3) is 0.304. The molecule has 1 atom stereocenters. The number of benzene rings is 2. The van der Waals surface area contributed by atoms with Crippen molar-refractivity contribution in [3.63, 3.8) is 0 Å². The number of aromatic nitrogens is 3. The molecule has 4 N–H and O–H groups in total. The van der Waals surface area contributed by atoms with Crippen LogP contribution in [0.3, 0.4) is 0 Å². The molecular formula is C23H29N6O2S+. The molecule has 0 bridgehead atoms. The molecule has 168 valence electrons. The van der Waals surface area contributed by atoms with Gasteiger partial charge >= 0.3 is 0 Å². The van der Waals surface area contributed by atoms with E-state index in [9.17, 15) is 9.59 Å². The van der Waals surface area contributed by atoms with Crippen LogP contribution in [-0.2, 0) is 11.3 Å². The number of carbonyl (C=O) groups excluding carboxylic acids is 2. The van der Waals surface area contributed by atoms with Crippen LogP contribution in [0.4, 0.5) is 5.69 Å². The van der Waals surface area contributed by atoms with E-state index in [1.807, 2.05) is 18.2 Å². The summed E-state index contributed by atoms with van der Waals surface area (Å²) in [4.78, 5) is 25.0. The number of nitrogens with two attached hydrogens (primary N) is 1. The quantitative estimate of drug-likeness (QED) is 0.406. The smallest absolute Gasteiger partial charge is 0.248 e. The Balaban J connectivity index is 1.74. The molecule has 2 amide bonds. The Morgan fingerprint density at radius 2 is 1.78 bits per heavy atom. The van der Waals surface area contributed by atoms with E-state index >= 15 is 0 Å². The molecule has 3 aromatic rings. The van der Waals surface area contributed by atoms with Crippen molar-refractivity contribution >= 4 is 29.3 Å². The lowest BCUT2D eigenvalue weighted by Crippen LogP contribution is -3.06. The van der Waals surface area contributed by atoms with Gasteiger partial charge in [-0.1, -0.05) is 49.0 Å². The van der Waals surface area contributed by atoms with E-state index < -0.39 is 5.91 Å². The third-order valence-corrected chi connectivity index (χ3v) is 6.10. The third kappa shape index (κ3) is 5.95. The van der Waals surface area contributed by atoms with Crippen molar-refractivity contribution in [1.29, 1.82) is 0 Å². The first-order chi connectivity index (χ1) is 15.4. The van der Waals surface area contributed by atoms with Gasteiger partial charge in [0.05, 0.1) is 26.4 Å². The summed E-state index contributed by atoms with van der Waals surface area (Å²) in [6.45, 7) is 2.79. The average Bonchev–Trinajstić information content (AvgIpc) is 3.15. The van der Waals surface area contributed by atoms with E-state index in [1.54, 1.807) is 24.3 Å².